The highest BCUT2D eigenvalue weighted by Crippen LogP contribution is 2.42. The molecule has 2 rings (SSSR count). The average Bonchev–Trinajstić information content (AvgIpc) is 2.55. The Balaban J connectivity index is 2.70. The second kappa shape index (κ2) is 7.96. The Morgan fingerprint density at radius 1 is 1.46 bits per heavy atom. The summed E-state index contributed by atoms with van der Waals surface area (Å²) in [4.78, 5) is 0. The lowest BCUT2D eigenvalue weighted by atomic mass is 10.0. The predicted octanol–water partition coefficient (Wildman–Crippen LogP) is 4.41. The highest BCUT2D eigenvalue weighted by Gasteiger charge is 2.20. The van der Waals surface area contributed by atoms with Crippen LogP contribution in [0.2, 0.25) is 10.0 Å². The van der Waals surface area contributed by atoms with Gasteiger partial charge in [0, 0.05) is 17.2 Å². The van der Waals surface area contributed by atoms with Gasteiger partial charge in [-0.25, -0.2) is 12.8 Å². The molecule has 0 saturated heterocycles. The number of nitrogens with zero attached hydrogens (tertiary/aromatic N) is 1. The van der Waals surface area contributed by atoms with E-state index in [1.54, 1.807) is 0 Å². The number of nitriles is 1. The molecule has 2 aromatic carbocycles. The van der Waals surface area contributed by atoms with Crippen LogP contribution in [0, 0.1) is 23.2 Å². The number of benzene rings is 2. The smallest absolute Gasteiger partial charge is 0.229 e. The molecule has 135 valence electrons. The molecule has 0 fully saturated rings. The Bertz CT molecular complexity index is 1020. The highest BCUT2D eigenvalue weighted by molar-refractivity contribution is 7.92. The van der Waals surface area contributed by atoms with Gasteiger partial charge in [0.2, 0.25) is 10.0 Å². The molecule has 0 atom stereocenters. The van der Waals surface area contributed by atoms with Crippen molar-refractivity contribution in [3.8, 4) is 22.9 Å². The minimum Gasteiger partial charge on any atom is -0.488 e. The molecule has 0 aromatic heterocycles. The Kier molecular flexibility index (Phi) is 6.13. The van der Waals surface area contributed by atoms with E-state index >= 15 is 0 Å². The molecule has 0 heterocycles. The van der Waals surface area contributed by atoms with Gasteiger partial charge in [-0.1, -0.05) is 35.9 Å². The second-order valence-corrected chi connectivity index (χ2v) is 7.65. The van der Waals surface area contributed by atoms with Gasteiger partial charge in [-0.3, -0.25) is 4.72 Å². The van der Waals surface area contributed by atoms with Crippen molar-refractivity contribution in [2.75, 3.05) is 17.6 Å². The molecule has 5 nitrogen and oxygen atoms in total. The minimum absolute atomic E-state index is 0.00988. The van der Waals surface area contributed by atoms with Gasteiger partial charge in [0.25, 0.3) is 0 Å². The molecular weight excluding hydrogens is 402 g/mol. The minimum atomic E-state index is -3.68. The first-order valence-electron chi connectivity index (χ1n) is 7.03. The molecule has 0 aliphatic rings. The molecule has 0 saturated carbocycles. The number of hydrogen-bond acceptors (Lipinski definition) is 4. The zero-order chi connectivity index (χ0) is 19.5. The van der Waals surface area contributed by atoms with E-state index < -0.39 is 15.8 Å². The van der Waals surface area contributed by atoms with Gasteiger partial charge in [0.15, 0.2) is 0 Å². The quantitative estimate of drug-likeness (QED) is 0.711. The molecule has 0 bridgehead atoms. The number of rotatable bonds is 6. The SMILES string of the molecule is C=CCOc1c[c]c(F)c(-c2cc(NS(C)(=O)=O)c(C#N)cc2Cl)c1Cl. The van der Waals surface area contributed by atoms with Crippen molar-refractivity contribution in [1.29, 1.82) is 5.26 Å². The topological polar surface area (TPSA) is 79.2 Å². The van der Waals surface area contributed by atoms with Crippen LogP contribution < -0.4 is 9.46 Å². The maximum absolute atomic E-state index is 14.4. The molecule has 1 radical (unpaired) electrons. The number of halogens is 3. The molecule has 0 spiro atoms. The Morgan fingerprint density at radius 3 is 2.73 bits per heavy atom. The molecule has 0 unspecified atom stereocenters. The average molecular weight is 414 g/mol. The second-order valence-electron chi connectivity index (χ2n) is 5.12. The van der Waals surface area contributed by atoms with Crippen molar-refractivity contribution in [2.45, 2.75) is 0 Å². The van der Waals surface area contributed by atoms with E-state index in [2.05, 4.69) is 17.4 Å². The van der Waals surface area contributed by atoms with Gasteiger partial charge in [0.05, 0.1) is 27.6 Å². The van der Waals surface area contributed by atoms with Crippen LogP contribution in [-0.4, -0.2) is 21.3 Å². The zero-order valence-corrected chi connectivity index (χ0v) is 15.8. The highest BCUT2D eigenvalue weighted by atomic mass is 35.5. The first kappa shape index (κ1) is 20.0. The van der Waals surface area contributed by atoms with E-state index in [0.717, 1.165) is 6.26 Å². The van der Waals surface area contributed by atoms with Crippen molar-refractivity contribution >= 4 is 38.9 Å². The molecule has 0 aliphatic carbocycles. The van der Waals surface area contributed by atoms with E-state index in [9.17, 15) is 18.1 Å². The van der Waals surface area contributed by atoms with E-state index in [1.165, 1.54) is 24.3 Å². The number of nitrogens with one attached hydrogen (secondary N) is 1. The summed E-state index contributed by atoms with van der Waals surface area (Å²) in [5.41, 5.74) is -0.120. The number of anilines is 1. The van der Waals surface area contributed by atoms with Crippen molar-refractivity contribution < 1.29 is 17.5 Å². The molecular formula is C17H12Cl2FN2O3S. The van der Waals surface area contributed by atoms with Crippen molar-refractivity contribution in [3.05, 3.63) is 58.3 Å². The first-order valence-corrected chi connectivity index (χ1v) is 9.67. The monoisotopic (exact) mass is 413 g/mol. The summed E-state index contributed by atoms with van der Waals surface area (Å²) >= 11 is 12.4. The first-order chi connectivity index (χ1) is 12.2. The van der Waals surface area contributed by atoms with Crippen molar-refractivity contribution in [3.63, 3.8) is 0 Å². The van der Waals surface area contributed by atoms with Gasteiger partial charge in [-0.15, -0.1) is 0 Å². The van der Waals surface area contributed by atoms with Crippen LogP contribution >= 0.6 is 23.2 Å². The lowest BCUT2D eigenvalue weighted by Gasteiger charge is -2.15. The molecule has 1 N–H and O–H groups in total. The lowest BCUT2D eigenvalue weighted by Crippen LogP contribution is -2.11. The third-order valence-electron chi connectivity index (χ3n) is 3.13. The van der Waals surface area contributed by atoms with E-state index in [0.29, 0.717) is 0 Å². The predicted molar refractivity (Wildman–Crippen MR) is 99.6 cm³/mol. The van der Waals surface area contributed by atoms with Gasteiger partial charge in [0.1, 0.15) is 24.2 Å². The summed E-state index contributed by atoms with van der Waals surface area (Å²) < 4.78 is 45.0. The van der Waals surface area contributed by atoms with Crippen molar-refractivity contribution in [1.82, 2.24) is 0 Å². The van der Waals surface area contributed by atoms with Gasteiger partial charge >= 0.3 is 0 Å². The van der Waals surface area contributed by atoms with Crippen LogP contribution in [0.1, 0.15) is 5.56 Å². The molecule has 0 aliphatic heterocycles. The maximum Gasteiger partial charge on any atom is 0.229 e. The maximum atomic E-state index is 14.4. The summed E-state index contributed by atoms with van der Waals surface area (Å²) in [5.74, 6) is -0.654. The Morgan fingerprint density at radius 2 is 2.15 bits per heavy atom. The third kappa shape index (κ3) is 4.47. The van der Waals surface area contributed by atoms with Gasteiger partial charge in [-0.05, 0) is 18.2 Å². The summed E-state index contributed by atoms with van der Waals surface area (Å²) in [7, 11) is -3.68. The van der Waals surface area contributed by atoms with Crippen LogP contribution in [0.15, 0.2) is 30.9 Å². The van der Waals surface area contributed by atoms with E-state index in [-0.39, 0.29) is 44.8 Å². The molecule has 26 heavy (non-hydrogen) atoms. The fourth-order valence-corrected chi connectivity index (χ4v) is 3.24. The lowest BCUT2D eigenvalue weighted by molar-refractivity contribution is 0.363. The molecule has 2 aromatic rings. The van der Waals surface area contributed by atoms with Gasteiger partial charge in [-0.2, -0.15) is 5.26 Å². The number of sulfonamides is 1. The fraction of sp³-hybridized carbons (Fsp3) is 0.118. The number of hydrogen-bond donors (Lipinski definition) is 1. The van der Waals surface area contributed by atoms with Crippen molar-refractivity contribution in [2.24, 2.45) is 0 Å². The fourth-order valence-electron chi connectivity index (χ4n) is 2.12. The summed E-state index contributed by atoms with van der Waals surface area (Å²) in [6.45, 7) is 3.65. The normalized spacial score (nSPS) is 10.9. The Labute approximate surface area is 160 Å². The largest absolute Gasteiger partial charge is 0.488 e. The third-order valence-corrected chi connectivity index (χ3v) is 4.41. The molecule has 0 amide bonds. The van der Waals surface area contributed by atoms with Crippen LogP contribution in [0.25, 0.3) is 11.1 Å². The van der Waals surface area contributed by atoms with E-state index in [1.807, 2.05) is 6.07 Å². The van der Waals surface area contributed by atoms with Crippen LogP contribution in [0.5, 0.6) is 5.75 Å². The zero-order valence-electron chi connectivity index (χ0n) is 13.4. The standard InChI is InChI=1S/C17H12Cl2FN2O3S/c1-3-6-25-15-5-4-13(20)16(17(15)19)11-8-14(22-26(2,23)24)10(9-21)7-12(11)18/h3,5,7-8,22H,1,6H2,2H3. The van der Waals surface area contributed by atoms with E-state index in [4.69, 9.17) is 27.9 Å². The summed E-state index contributed by atoms with van der Waals surface area (Å²) in [6.07, 6.45) is 2.41. The number of ether oxygens (including phenoxy) is 1. The molecule has 9 heteroatoms. The summed E-state index contributed by atoms with van der Waals surface area (Å²) in [5, 5.41) is 9.11. The van der Waals surface area contributed by atoms with Crippen LogP contribution in [0.3, 0.4) is 0 Å². The Hall–Kier alpha value is -2.27. The van der Waals surface area contributed by atoms with Gasteiger partial charge < -0.3 is 4.74 Å². The summed E-state index contributed by atoms with van der Waals surface area (Å²) in [6, 6.07) is 7.88. The van der Waals surface area contributed by atoms with Crippen LogP contribution in [0.4, 0.5) is 10.1 Å². The van der Waals surface area contributed by atoms with Crippen LogP contribution in [-0.2, 0) is 10.0 Å².